The first-order valence-corrected chi connectivity index (χ1v) is 5.68. The molecule has 2 rings (SSSR count). The largest absolute Gasteiger partial charge is 0.380 e. The molecule has 0 aromatic carbocycles. The maximum absolute atomic E-state index is 6.14. The zero-order valence-electron chi connectivity index (χ0n) is 9.97. The van der Waals surface area contributed by atoms with Crippen LogP contribution in [-0.4, -0.2) is 47.5 Å². The molecule has 0 radical (unpaired) electrons. The molecule has 16 heavy (non-hydrogen) atoms. The number of aromatic nitrogens is 2. The molecule has 0 spiro atoms. The number of methoxy groups -OCH3 is 1. The molecule has 90 valence electrons. The summed E-state index contributed by atoms with van der Waals surface area (Å²) in [6, 6.07) is 0.0457. The lowest BCUT2D eigenvalue weighted by molar-refractivity contribution is 0.107. The summed E-state index contributed by atoms with van der Waals surface area (Å²) < 4.78 is 7.12. The van der Waals surface area contributed by atoms with Gasteiger partial charge in [0.05, 0.1) is 12.3 Å². The van der Waals surface area contributed by atoms with Crippen LogP contribution in [0.2, 0.25) is 0 Å². The van der Waals surface area contributed by atoms with Crippen LogP contribution in [0.3, 0.4) is 0 Å². The van der Waals surface area contributed by atoms with Gasteiger partial charge in [-0.05, 0) is 6.42 Å². The molecule has 1 aromatic heterocycles. The molecule has 1 fully saturated rings. The van der Waals surface area contributed by atoms with Crippen LogP contribution >= 0.6 is 0 Å². The van der Waals surface area contributed by atoms with Crippen molar-refractivity contribution in [2.75, 3.05) is 26.7 Å². The van der Waals surface area contributed by atoms with Crippen LogP contribution in [0.5, 0.6) is 0 Å². The number of nitrogens with two attached hydrogens (primary N) is 1. The number of hydrogen-bond donors (Lipinski definition) is 1. The highest BCUT2D eigenvalue weighted by Crippen LogP contribution is 2.16. The first-order valence-electron chi connectivity index (χ1n) is 5.68. The molecule has 1 aromatic rings. The fourth-order valence-corrected chi connectivity index (χ4v) is 2.17. The minimum absolute atomic E-state index is 0.0457. The van der Waals surface area contributed by atoms with E-state index in [0.29, 0.717) is 6.10 Å². The van der Waals surface area contributed by atoms with Crippen molar-refractivity contribution in [2.24, 2.45) is 12.8 Å². The van der Waals surface area contributed by atoms with Crippen molar-refractivity contribution in [1.82, 2.24) is 14.7 Å². The molecule has 5 heteroatoms. The van der Waals surface area contributed by atoms with Crippen molar-refractivity contribution < 1.29 is 4.74 Å². The predicted molar refractivity (Wildman–Crippen MR) is 62.0 cm³/mol. The third-order valence-electron chi connectivity index (χ3n) is 3.17. The fourth-order valence-electron chi connectivity index (χ4n) is 2.17. The van der Waals surface area contributed by atoms with Gasteiger partial charge in [0.25, 0.3) is 0 Å². The molecule has 1 aliphatic rings. The molecule has 2 atom stereocenters. The van der Waals surface area contributed by atoms with Crippen LogP contribution in [0, 0.1) is 0 Å². The van der Waals surface area contributed by atoms with Gasteiger partial charge in [-0.1, -0.05) is 0 Å². The second-order valence-electron chi connectivity index (χ2n) is 4.46. The Morgan fingerprint density at radius 3 is 3.06 bits per heavy atom. The SMILES string of the molecule is COC1CCN(CC(N)c2cnn(C)c2)C1. The van der Waals surface area contributed by atoms with Crippen molar-refractivity contribution in [3.05, 3.63) is 18.0 Å². The standard InChI is InChI=1S/C11H20N4O/c1-14-6-9(5-13-14)11(12)8-15-4-3-10(7-15)16-2/h5-6,10-11H,3-4,7-8,12H2,1-2H3. The smallest absolute Gasteiger partial charge is 0.0710 e. The quantitative estimate of drug-likeness (QED) is 0.790. The van der Waals surface area contributed by atoms with Crippen LogP contribution in [-0.2, 0) is 11.8 Å². The van der Waals surface area contributed by atoms with Crippen LogP contribution in [0.4, 0.5) is 0 Å². The van der Waals surface area contributed by atoms with E-state index in [4.69, 9.17) is 10.5 Å². The van der Waals surface area contributed by atoms with Gasteiger partial charge in [-0.3, -0.25) is 9.58 Å². The van der Waals surface area contributed by atoms with Gasteiger partial charge < -0.3 is 10.5 Å². The Kier molecular flexibility index (Phi) is 3.58. The summed E-state index contributed by atoms with van der Waals surface area (Å²) in [7, 11) is 3.68. The molecule has 1 aliphatic heterocycles. The second kappa shape index (κ2) is 4.95. The minimum Gasteiger partial charge on any atom is -0.380 e. The molecule has 0 amide bonds. The second-order valence-corrected chi connectivity index (χ2v) is 4.46. The van der Waals surface area contributed by atoms with E-state index in [0.717, 1.165) is 31.6 Å². The number of ether oxygens (including phenoxy) is 1. The van der Waals surface area contributed by atoms with E-state index >= 15 is 0 Å². The normalized spacial score (nSPS) is 23.8. The predicted octanol–water partition coefficient (Wildman–Crippen LogP) is 0.141. The summed E-state index contributed by atoms with van der Waals surface area (Å²) in [6.07, 6.45) is 5.31. The summed E-state index contributed by atoms with van der Waals surface area (Å²) in [6.45, 7) is 2.95. The molecule has 1 saturated heterocycles. The highest BCUT2D eigenvalue weighted by molar-refractivity contribution is 5.10. The lowest BCUT2D eigenvalue weighted by atomic mass is 10.1. The molecule has 2 unspecified atom stereocenters. The van der Waals surface area contributed by atoms with E-state index in [1.807, 2.05) is 19.4 Å². The van der Waals surface area contributed by atoms with Gasteiger partial charge >= 0.3 is 0 Å². The molecule has 2 N–H and O–H groups in total. The Hall–Kier alpha value is -0.910. The van der Waals surface area contributed by atoms with Gasteiger partial charge in [-0.15, -0.1) is 0 Å². The molecule has 0 bridgehead atoms. The zero-order valence-corrected chi connectivity index (χ0v) is 9.97. The fraction of sp³-hybridized carbons (Fsp3) is 0.727. The first-order chi connectivity index (χ1) is 7.69. The van der Waals surface area contributed by atoms with Crippen molar-refractivity contribution >= 4 is 0 Å². The maximum Gasteiger partial charge on any atom is 0.0710 e. The van der Waals surface area contributed by atoms with E-state index in [2.05, 4.69) is 10.00 Å². The van der Waals surface area contributed by atoms with Crippen LogP contribution in [0.1, 0.15) is 18.0 Å². The Morgan fingerprint density at radius 2 is 2.50 bits per heavy atom. The summed E-state index contributed by atoms with van der Waals surface area (Å²) >= 11 is 0. The summed E-state index contributed by atoms with van der Waals surface area (Å²) in [5.41, 5.74) is 7.24. The highest BCUT2D eigenvalue weighted by Gasteiger charge is 2.23. The number of aryl methyl sites for hydroxylation is 1. The Bertz CT molecular complexity index is 338. The summed E-state index contributed by atoms with van der Waals surface area (Å²) in [4.78, 5) is 2.35. The molecular formula is C11H20N4O. The van der Waals surface area contributed by atoms with Gasteiger partial charge in [-0.25, -0.2) is 0 Å². The van der Waals surface area contributed by atoms with Crippen LogP contribution in [0.25, 0.3) is 0 Å². The lowest BCUT2D eigenvalue weighted by Gasteiger charge is -2.19. The summed E-state index contributed by atoms with van der Waals surface area (Å²) in [5.74, 6) is 0. The molecular weight excluding hydrogens is 204 g/mol. The van der Waals surface area contributed by atoms with Gasteiger partial charge in [0.2, 0.25) is 0 Å². The van der Waals surface area contributed by atoms with Crippen LogP contribution < -0.4 is 5.73 Å². The van der Waals surface area contributed by atoms with Gasteiger partial charge in [0.1, 0.15) is 0 Å². The Labute approximate surface area is 96.2 Å². The number of rotatable bonds is 4. The Morgan fingerprint density at radius 1 is 1.69 bits per heavy atom. The van der Waals surface area contributed by atoms with Gasteiger partial charge in [-0.2, -0.15) is 5.10 Å². The third-order valence-corrected chi connectivity index (χ3v) is 3.17. The zero-order chi connectivity index (χ0) is 11.5. The highest BCUT2D eigenvalue weighted by atomic mass is 16.5. The maximum atomic E-state index is 6.14. The van der Waals surface area contributed by atoms with E-state index < -0.39 is 0 Å². The monoisotopic (exact) mass is 224 g/mol. The number of hydrogen-bond acceptors (Lipinski definition) is 4. The lowest BCUT2D eigenvalue weighted by Crippen LogP contribution is -2.31. The van der Waals surface area contributed by atoms with Crippen molar-refractivity contribution in [1.29, 1.82) is 0 Å². The number of likely N-dealkylation sites (tertiary alicyclic amines) is 1. The van der Waals surface area contributed by atoms with E-state index in [9.17, 15) is 0 Å². The average molecular weight is 224 g/mol. The topological polar surface area (TPSA) is 56.3 Å². The van der Waals surface area contributed by atoms with E-state index in [1.165, 1.54) is 0 Å². The average Bonchev–Trinajstić information content (AvgIpc) is 2.87. The van der Waals surface area contributed by atoms with Crippen molar-refractivity contribution in [2.45, 2.75) is 18.6 Å². The minimum atomic E-state index is 0.0457. The van der Waals surface area contributed by atoms with Gasteiger partial charge in [0, 0.05) is 51.6 Å². The molecule has 0 aliphatic carbocycles. The first kappa shape index (κ1) is 11.6. The number of nitrogens with zero attached hydrogens (tertiary/aromatic N) is 3. The van der Waals surface area contributed by atoms with E-state index in [1.54, 1.807) is 11.8 Å². The van der Waals surface area contributed by atoms with Crippen molar-refractivity contribution in [3.8, 4) is 0 Å². The van der Waals surface area contributed by atoms with E-state index in [-0.39, 0.29) is 6.04 Å². The van der Waals surface area contributed by atoms with Gasteiger partial charge in [0.15, 0.2) is 0 Å². The van der Waals surface area contributed by atoms with Crippen LogP contribution in [0.15, 0.2) is 12.4 Å². The molecule has 0 saturated carbocycles. The molecule has 5 nitrogen and oxygen atoms in total. The molecule has 2 heterocycles. The summed E-state index contributed by atoms with van der Waals surface area (Å²) in [5, 5.41) is 4.14. The van der Waals surface area contributed by atoms with Crippen molar-refractivity contribution in [3.63, 3.8) is 0 Å². The third kappa shape index (κ3) is 2.61. The Balaban J connectivity index is 1.86.